The molecule has 0 aliphatic carbocycles. The Bertz CT molecular complexity index is 450. The van der Waals surface area contributed by atoms with Gasteiger partial charge in [-0.3, -0.25) is 15.2 Å². The minimum Gasteiger partial charge on any atom is -0.294 e. The average Bonchev–Trinajstić information content (AvgIpc) is 2.87. The third-order valence-corrected chi connectivity index (χ3v) is 2.60. The quantitative estimate of drug-likeness (QED) is 0.790. The van der Waals surface area contributed by atoms with Gasteiger partial charge in [0.1, 0.15) is 11.3 Å². The van der Waals surface area contributed by atoms with Crippen molar-refractivity contribution in [2.45, 2.75) is 13.3 Å². The highest BCUT2D eigenvalue weighted by Gasteiger charge is 2.11. The molecule has 0 saturated carbocycles. The lowest BCUT2D eigenvalue weighted by Crippen LogP contribution is -2.13. The number of carbonyl (C=O) groups is 1. The Morgan fingerprint density at radius 3 is 3.07 bits per heavy atom. The van der Waals surface area contributed by atoms with Crippen molar-refractivity contribution in [3.05, 3.63) is 17.2 Å². The zero-order valence-electron chi connectivity index (χ0n) is 7.89. The van der Waals surface area contributed by atoms with Gasteiger partial charge in [0.2, 0.25) is 11.0 Å². The van der Waals surface area contributed by atoms with Crippen LogP contribution in [-0.2, 0) is 6.42 Å². The molecule has 0 spiro atoms. The van der Waals surface area contributed by atoms with E-state index in [1.807, 2.05) is 6.92 Å². The molecule has 7 nitrogen and oxygen atoms in total. The first-order valence-electron chi connectivity index (χ1n) is 4.28. The van der Waals surface area contributed by atoms with Gasteiger partial charge in [0.05, 0.1) is 0 Å². The second kappa shape index (κ2) is 4.13. The summed E-state index contributed by atoms with van der Waals surface area (Å²) in [5.41, 5.74) is 0. The van der Waals surface area contributed by atoms with Gasteiger partial charge < -0.3 is 0 Å². The fraction of sp³-hybridized carbons (Fsp3) is 0.286. The number of hydrogen-bond donors (Lipinski definition) is 2. The normalized spacial score (nSPS) is 10.2. The van der Waals surface area contributed by atoms with Crippen molar-refractivity contribution in [1.82, 2.24) is 25.4 Å². The van der Waals surface area contributed by atoms with E-state index in [0.717, 1.165) is 11.4 Å². The molecule has 2 heterocycles. The summed E-state index contributed by atoms with van der Waals surface area (Å²) in [6, 6.07) is 0. The molecule has 2 aromatic rings. The summed E-state index contributed by atoms with van der Waals surface area (Å²) in [6.45, 7) is 1.97. The number of anilines is 1. The van der Waals surface area contributed by atoms with Crippen molar-refractivity contribution >= 4 is 22.4 Å². The van der Waals surface area contributed by atoms with E-state index in [2.05, 4.69) is 30.7 Å². The van der Waals surface area contributed by atoms with E-state index in [4.69, 9.17) is 0 Å². The van der Waals surface area contributed by atoms with Crippen LogP contribution in [0.15, 0.2) is 6.33 Å². The number of aryl methyl sites for hydroxylation is 1. The van der Waals surface area contributed by atoms with Crippen LogP contribution in [0.2, 0.25) is 0 Å². The predicted molar refractivity (Wildman–Crippen MR) is 53.6 cm³/mol. The van der Waals surface area contributed by atoms with Crippen molar-refractivity contribution in [3.8, 4) is 0 Å². The highest BCUT2D eigenvalue weighted by atomic mass is 32.1. The summed E-state index contributed by atoms with van der Waals surface area (Å²) in [6.07, 6.45) is 2.07. The van der Waals surface area contributed by atoms with E-state index >= 15 is 0 Å². The molecule has 0 aliphatic rings. The summed E-state index contributed by atoms with van der Waals surface area (Å²) < 4.78 is 0. The number of H-pyrrole nitrogens is 1. The molecule has 8 heteroatoms. The molecule has 0 unspecified atom stereocenters. The van der Waals surface area contributed by atoms with Gasteiger partial charge >= 0.3 is 0 Å². The van der Waals surface area contributed by atoms with Crippen molar-refractivity contribution in [2.24, 2.45) is 0 Å². The van der Waals surface area contributed by atoms with Gasteiger partial charge in [-0.25, -0.2) is 4.98 Å². The molecule has 0 radical (unpaired) electrons. The monoisotopic (exact) mass is 224 g/mol. The molecule has 2 N–H and O–H groups in total. The molecule has 15 heavy (non-hydrogen) atoms. The molecule has 0 aromatic carbocycles. The summed E-state index contributed by atoms with van der Waals surface area (Å²) in [4.78, 5) is 15.2. The second-order valence-electron chi connectivity index (χ2n) is 2.64. The first kappa shape index (κ1) is 9.71. The van der Waals surface area contributed by atoms with Crippen molar-refractivity contribution < 1.29 is 4.79 Å². The van der Waals surface area contributed by atoms with Crippen molar-refractivity contribution in [1.29, 1.82) is 0 Å². The van der Waals surface area contributed by atoms with Crippen LogP contribution in [0.1, 0.15) is 22.6 Å². The van der Waals surface area contributed by atoms with E-state index in [1.165, 1.54) is 17.7 Å². The third kappa shape index (κ3) is 2.15. The number of nitrogens with zero attached hydrogens (tertiary/aromatic N) is 4. The number of amides is 1. The number of nitrogens with one attached hydrogen (secondary N) is 2. The van der Waals surface area contributed by atoms with Crippen LogP contribution in [0.25, 0.3) is 0 Å². The van der Waals surface area contributed by atoms with Crippen LogP contribution in [0, 0.1) is 0 Å². The van der Waals surface area contributed by atoms with Crippen LogP contribution in [-0.4, -0.2) is 31.3 Å². The number of hydrogen-bond acceptors (Lipinski definition) is 6. The first-order chi connectivity index (χ1) is 7.29. The molecule has 78 valence electrons. The lowest BCUT2D eigenvalue weighted by Gasteiger charge is -1.94. The molecular weight excluding hydrogens is 216 g/mol. The Morgan fingerprint density at radius 2 is 2.47 bits per heavy atom. The van der Waals surface area contributed by atoms with Crippen LogP contribution in [0.3, 0.4) is 0 Å². The average molecular weight is 224 g/mol. The molecule has 2 aromatic heterocycles. The zero-order chi connectivity index (χ0) is 10.7. The van der Waals surface area contributed by atoms with Crippen LogP contribution >= 0.6 is 11.3 Å². The summed E-state index contributed by atoms with van der Waals surface area (Å²) in [5.74, 6) is -0.213. The van der Waals surface area contributed by atoms with Gasteiger partial charge in [-0.05, 0) is 6.42 Å². The molecule has 0 bridgehead atoms. The largest absolute Gasteiger partial charge is 0.294 e. The highest BCUT2D eigenvalue weighted by Crippen LogP contribution is 2.15. The SMILES string of the molecule is CCc1nnc(NC(=O)c2ncn[nH]2)s1. The van der Waals surface area contributed by atoms with E-state index in [9.17, 15) is 4.79 Å². The van der Waals surface area contributed by atoms with E-state index in [0.29, 0.717) is 5.13 Å². The second-order valence-corrected chi connectivity index (χ2v) is 3.70. The Labute approximate surface area is 89.0 Å². The Morgan fingerprint density at radius 1 is 1.60 bits per heavy atom. The number of aromatic amines is 1. The lowest BCUT2D eigenvalue weighted by atomic mass is 10.5. The van der Waals surface area contributed by atoms with Gasteiger partial charge in [-0.2, -0.15) is 5.10 Å². The minimum atomic E-state index is -0.369. The Balaban J connectivity index is 2.06. The summed E-state index contributed by atoms with van der Waals surface area (Å²) >= 11 is 1.34. The van der Waals surface area contributed by atoms with Crippen LogP contribution in [0.5, 0.6) is 0 Å². The zero-order valence-corrected chi connectivity index (χ0v) is 8.71. The van der Waals surface area contributed by atoms with E-state index in [-0.39, 0.29) is 11.7 Å². The first-order valence-corrected chi connectivity index (χ1v) is 5.10. The topological polar surface area (TPSA) is 96.5 Å². The predicted octanol–water partition coefficient (Wildman–Crippen LogP) is 0.471. The Hall–Kier alpha value is -1.83. The fourth-order valence-electron chi connectivity index (χ4n) is 0.918. The smallest absolute Gasteiger partial charge is 0.294 e. The minimum absolute atomic E-state index is 0.156. The third-order valence-electron chi connectivity index (χ3n) is 1.62. The lowest BCUT2D eigenvalue weighted by molar-refractivity contribution is 0.101. The molecule has 0 atom stereocenters. The summed E-state index contributed by atoms with van der Waals surface area (Å²) in [7, 11) is 0. The molecule has 0 fully saturated rings. The van der Waals surface area contributed by atoms with Crippen molar-refractivity contribution in [2.75, 3.05) is 5.32 Å². The number of carbonyl (C=O) groups excluding carboxylic acids is 1. The molecule has 1 amide bonds. The van der Waals surface area contributed by atoms with Crippen LogP contribution < -0.4 is 5.32 Å². The van der Waals surface area contributed by atoms with Gasteiger partial charge in [0.15, 0.2) is 0 Å². The number of aromatic nitrogens is 5. The Kier molecular flexibility index (Phi) is 2.68. The van der Waals surface area contributed by atoms with Crippen molar-refractivity contribution in [3.63, 3.8) is 0 Å². The molecule has 2 rings (SSSR count). The van der Waals surface area contributed by atoms with Crippen LogP contribution in [0.4, 0.5) is 5.13 Å². The maximum Gasteiger partial charge on any atom is 0.294 e. The van der Waals surface area contributed by atoms with E-state index < -0.39 is 0 Å². The summed E-state index contributed by atoms with van der Waals surface area (Å²) in [5, 5.41) is 17.6. The van der Waals surface area contributed by atoms with Gasteiger partial charge in [0.25, 0.3) is 5.91 Å². The molecular formula is C7H8N6OS. The maximum absolute atomic E-state index is 11.5. The van der Waals surface area contributed by atoms with Gasteiger partial charge in [-0.1, -0.05) is 18.3 Å². The number of rotatable bonds is 3. The van der Waals surface area contributed by atoms with Gasteiger partial charge in [-0.15, -0.1) is 10.2 Å². The fourth-order valence-corrected chi connectivity index (χ4v) is 1.59. The standard InChI is InChI=1S/C7H8N6OS/c1-2-4-11-13-7(15-4)10-6(14)5-8-3-9-12-5/h3H,2H2,1H3,(H,8,9,12)(H,10,13,14). The van der Waals surface area contributed by atoms with E-state index in [1.54, 1.807) is 0 Å². The van der Waals surface area contributed by atoms with Gasteiger partial charge in [0, 0.05) is 0 Å². The molecule has 0 aliphatic heterocycles. The highest BCUT2D eigenvalue weighted by molar-refractivity contribution is 7.15. The molecule has 0 saturated heterocycles. The maximum atomic E-state index is 11.5.